The maximum atomic E-state index is 5.78. The van der Waals surface area contributed by atoms with Crippen LogP contribution in [0.25, 0.3) is 0 Å². The van der Waals surface area contributed by atoms with E-state index < -0.39 is 0 Å². The molecular weight excluding hydrogens is 222 g/mol. The van der Waals surface area contributed by atoms with Crippen molar-refractivity contribution in [3.8, 4) is 0 Å². The summed E-state index contributed by atoms with van der Waals surface area (Å²) in [4.78, 5) is 4.44. The molecule has 0 saturated heterocycles. The highest BCUT2D eigenvalue weighted by Gasteiger charge is 2.22. The predicted molar refractivity (Wildman–Crippen MR) is 77.5 cm³/mol. The Kier molecular flexibility index (Phi) is 5.76. The number of pyridine rings is 1. The largest absolute Gasteiger partial charge is 0.330 e. The van der Waals surface area contributed by atoms with Crippen molar-refractivity contribution in [2.45, 2.75) is 33.1 Å². The third kappa shape index (κ3) is 4.39. The summed E-state index contributed by atoms with van der Waals surface area (Å²) in [5.41, 5.74) is 6.97. The fourth-order valence-electron chi connectivity index (χ4n) is 2.01. The van der Waals surface area contributed by atoms with Crippen LogP contribution in [0.4, 0.5) is 0 Å². The lowest BCUT2D eigenvalue weighted by molar-refractivity contribution is 0.350. The van der Waals surface area contributed by atoms with Gasteiger partial charge in [0.25, 0.3) is 0 Å². The van der Waals surface area contributed by atoms with Crippen LogP contribution in [-0.2, 0) is 5.41 Å². The second-order valence-corrected chi connectivity index (χ2v) is 5.97. The van der Waals surface area contributed by atoms with E-state index in [1.165, 1.54) is 0 Å². The summed E-state index contributed by atoms with van der Waals surface area (Å²) >= 11 is 0. The quantitative estimate of drug-likeness (QED) is 0.779. The molecule has 1 aromatic rings. The molecule has 1 aromatic heterocycles. The Balaban J connectivity index is 2.47. The summed E-state index contributed by atoms with van der Waals surface area (Å²) in [6, 6.07) is 6.08. The maximum Gasteiger partial charge on any atom is 0.0472 e. The Bertz CT molecular complexity index is 333. The van der Waals surface area contributed by atoms with Crippen LogP contribution < -0.4 is 11.1 Å². The third-order valence-electron chi connectivity index (χ3n) is 3.58. The molecule has 102 valence electrons. The molecule has 0 aliphatic heterocycles. The van der Waals surface area contributed by atoms with Crippen LogP contribution in [0.2, 0.25) is 0 Å². The number of nitrogens with two attached hydrogens (primary N) is 1. The minimum absolute atomic E-state index is 0.0530. The fraction of sp³-hybridized carbons (Fsp3) is 0.667. The highest BCUT2D eigenvalue weighted by atomic mass is 14.9. The van der Waals surface area contributed by atoms with Gasteiger partial charge < -0.3 is 11.1 Å². The van der Waals surface area contributed by atoms with Gasteiger partial charge in [-0.3, -0.25) is 4.98 Å². The summed E-state index contributed by atoms with van der Waals surface area (Å²) < 4.78 is 0. The zero-order chi connectivity index (χ0) is 13.6. The molecule has 0 bridgehead atoms. The van der Waals surface area contributed by atoms with E-state index in [0.29, 0.717) is 11.8 Å². The van der Waals surface area contributed by atoms with Gasteiger partial charge >= 0.3 is 0 Å². The van der Waals surface area contributed by atoms with E-state index >= 15 is 0 Å². The number of hydrogen-bond acceptors (Lipinski definition) is 3. The van der Waals surface area contributed by atoms with Crippen LogP contribution in [0.1, 0.15) is 33.4 Å². The second kappa shape index (κ2) is 6.86. The smallest absolute Gasteiger partial charge is 0.0472 e. The topological polar surface area (TPSA) is 50.9 Å². The summed E-state index contributed by atoms with van der Waals surface area (Å²) in [6.07, 6.45) is 1.86. The molecule has 0 spiro atoms. The summed E-state index contributed by atoms with van der Waals surface area (Å²) in [5.74, 6) is 1.17. The highest BCUT2D eigenvalue weighted by Crippen LogP contribution is 2.19. The molecule has 1 heterocycles. The molecule has 0 saturated carbocycles. The van der Waals surface area contributed by atoms with E-state index in [2.05, 4.69) is 44.1 Å². The Morgan fingerprint density at radius 3 is 2.56 bits per heavy atom. The van der Waals surface area contributed by atoms with Crippen molar-refractivity contribution in [1.82, 2.24) is 10.3 Å². The van der Waals surface area contributed by atoms with Crippen molar-refractivity contribution in [2.75, 3.05) is 19.6 Å². The van der Waals surface area contributed by atoms with Crippen molar-refractivity contribution in [3.63, 3.8) is 0 Å². The minimum atomic E-state index is 0.0530. The predicted octanol–water partition coefficient (Wildman–Crippen LogP) is 2.18. The molecule has 0 radical (unpaired) electrons. The van der Waals surface area contributed by atoms with Gasteiger partial charge in [-0.2, -0.15) is 0 Å². The minimum Gasteiger partial charge on any atom is -0.330 e. The van der Waals surface area contributed by atoms with Gasteiger partial charge in [-0.25, -0.2) is 0 Å². The molecule has 3 nitrogen and oxygen atoms in total. The lowest BCUT2D eigenvalue weighted by Gasteiger charge is -2.27. The zero-order valence-corrected chi connectivity index (χ0v) is 12.1. The molecule has 1 rings (SSSR count). The fourth-order valence-corrected chi connectivity index (χ4v) is 2.01. The Hall–Kier alpha value is -0.930. The second-order valence-electron chi connectivity index (χ2n) is 5.97. The number of rotatable bonds is 7. The van der Waals surface area contributed by atoms with E-state index in [4.69, 9.17) is 5.73 Å². The van der Waals surface area contributed by atoms with E-state index in [9.17, 15) is 0 Å². The van der Waals surface area contributed by atoms with Gasteiger partial charge in [-0.05, 0) is 37.1 Å². The highest BCUT2D eigenvalue weighted by molar-refractivity contribution is 5.14. The zero-order valence-electron chi connectivity index (χ0n) is 12.1. The molecule has 1 unspecified atom stereocenters. The Morgan fingerprint density at radius 2 is 2.06 bits per heavy atom. The van der Waals surface area contributed by atoms with Gasteiger partial charge in [0, 0.05) is 23.9 Å². The van der Waals surface area contributed by atoms with Gasteiger partial charge in [0.05, 0.1) is 0 Å². The molecule has 0 fully saturated rings. The van der Waals surface area contributed by atoms with Crippen LogP contribution in [0.3, 0.4) is 0 Å². The van der Waals surface area contributed by atoms with E-state index in [1.807, 2.05) is 18.3 Å². The van der Waals surface area contributed by atoms with Gasteiger partial charge in [0.15, 0.2) is 0 Å². The standard InChI is InChI=1S/C15H27N3/c1-12(2)13(9-16)10-17-11-15(3,4)14-7-5-6-8-18-14/h5-8,12-13,17H,9-11,16H2,1-4H3. The molecule has 0 aliphatic rings. The molecule has 18 heavy (non-hydrogen) atoms. The lowest BCUT2D eigenvalue weighted by atomic mass is 9.88. The third-order valence-corrected chi connectivity index (χ3v) is 3.58. The van der Waals surface area contributed by atoms with Crippen molar-refractivity contribution in [1.29, 1.82) is 0 Å². The van der Waals surface area contributed by atoms with Crippen LogP contribution in [0.15, 0.2) is 24.4 Å². The van der Waals surface area contributed by atoms with Gasteiger partial charge in [0.1, 0.15) is 0 Å². The van der Waals surface area contributed by atoms with Crippen LogP contribution in [0.5, 0.6) is 0 Å². The molecule has 3 N–H and O–H groups in total. The van der Waals surface area contributed by atoms with Crippen molar-refractivity contribution >= 4 is 0 Å². The number of hydrogen-bond donors (Lipinski definition) is 2. The van der Waals surface area contributed by atoms with Gasteiger partial charge in [-0.15, -0.1) is 0 Å². The maximum absolute atomic E-state index is 5.78. The van der Waals surface area contributed by atoms with Gasteiger partial charge in [-0.1, -0.05) is 33.8 Å². The van der Waals surface area contributed by atoms with E-state index in [0.717, 1.165) is 25.3 Å². The molecule has 0 aromatic carbocycles. The summed E-state index contributed by atoms with van der Waals surface area (Å²) in [5, 5.41) is 3.54. The van der Waals surface area contributed by atoms with Crippen molar-refractivity contribution < 1.29 is 0 Å². The normalized spacial score (nSPS) is 13.9. The molecule has 1 atom stereocenters. The van der Waals surface area contributed by atoms with Crippen molar-refractivity contribution in [3.05, 3.63) is 30.1 Å². The van der Waals surface area contributed by atoms with E-state index in [1.54, 1.807) is 0 Å². The van der Waals surface area contributed by atoms with Crippen LogP contribution in [0, 0.1) is 11.8 Å². The average molecular weight is 249 g/mol. The number of nitrogens with one attached hydrogen (secondary N) is 1. The van der Waals surface area contributed by atoms with Crippen LogP contribution in [-0.4, -0.2) is 24.6 Å². The van der Waals surface area contributed by atoms with E-state index in [-0.39, 0.29) is 5.41 Å². The summed E-state index contributed by atoms with van der Waals surface area (Å²) in [6.45, 7) is 11.5. The average Bonchev–Trinajstić information content (AvgIpc) is 2.35. The first-order valence-electron chi connectivity index (χ1n) is 6.79. The summed E-state index contributed by atoms with van der Waals surface area (Å²) in [7, 11) is 0. The van der Waals surface area contributed by atoms with Crippen molar-refractivity contribution in [2.24, 2.45) is 17.6 Å². The molecular formula is C15H27N3. The van der Waals surface area contributed by atoms with Gasteiger partial charge in [0.2, 0.25) is 0 Å². The molecule has 3 heteroatoms. The molecule has 0 amide bonds. The number of nitrogens with zero attached hydrogens (tertiary/aromatic N) is 1. The SMILES string of the molecule is CC(C)C(CN)CNCC(C)(C)c1ccccn1. The Labute approximate surface area is 111 Å². The first kappa shape index (κ1) is 15.1. The number of aromatic nitrogens is 1. The van der Waals surface area contributed by atoms with Crippen LogP contribution >= 0.6 is 0 Å². The Morgan fingerprint density at radius 1 is 1.33 bits per heavy atom. The first-order valence-corrected chi connectivity index (χ1v) is 6.79. The monoisotopic (exact) mass is 249 g/mol. The first-order chi connectivity index (χ1) is 8.47. The lowest BCUT2D eigenvalue weighted by Crippen LogP contribution is -2.39. The molecule has 0 aliphatic carbocycles.